The summed E-state index contributed by atoms with van der Waals surface area (Å²) < 4.78 is 1.79. The molecule has 0 aromatic carbocycles. The monoisotopic (exact) mass is 394 g/mol. The number of carbonyl (C=O) groups excluding carboxylic acids is 2. The zero-order valence-electron chi connectivity index (χ0n) is 9.70. The van der Waals surface area contributed by atoms with E-state index in [1.54, 1.807) is 18.0 Å². The second kappa shape index (κ2) is 5.71. The number of likely N-dealkylation sites (tertiary alicyclic amines) is 1. The SMILES string of the molecule is CN1CC(NC(=O)c2cc(Br)c(Br)s2)CCC1=O. The van der Waals surface area contributed by atoms with E-state index in [-0.39, 0.29) is 17.9 Å². The molecule has 1 unspecified atom stereocenters. The first-order valence-electron chi connectivity index (χ1n) is 5.47. The Labute approximate surface area is 126 Å². The van der Waals surface area contributed by atoms with Gasteiger partial charge >= 0.3 is 0 Å². The second-order valence-electron chi connectivity index (χ2n) is 4.22. The number of thiophene rings is 1. The van der Waals surface area contributed by atoms with Crippen LogP contribution in [0.5, 0.6) is 0 Å². The van der Waals surface area contributed by atoms with Crippen LogP contribution in [0.15, 0.2) is 14.3 Å². The number of nitrogens with one attached hydrogen (secondary N) is 1. The number of hydrogen-bond acceptors (Lipinski definition) is 3. The summed E-state index contributed by atoms with van der Waals surface area (Å²) in [5.41, 5.74) is 0. The molecule has 18 heavy (non-hydrogen) atoms. The molecule has 4 nitrogen and oxygen atoms in total. The van der Waals surface area contributed by atoms with E-state index in [0.29, 0.717) is 24.3 Å². The molecule has 98 valence electrons. The molecule has 1 atom stereocenters. The van der Waals surface area contributed by atoms with Gasteiger partial charge < -0.3 is 10.2 Å². The Morgan fingerprint density at radius 1 is 1.56 bits per heavy atom. The van der Waals surface area contributed by atoms with Gasteiger partial charge in [-0.2, -0.15) is 0 Å². The molecule has 1 aliphatic rings. The van der Waals surface area contributed by atoms with Crippen molar-refractivity contribution in [2.24, 2.45) is 0 Å². The van der Waals surface area contributed by atoms with E-state index in [4.69, 9.17) is 0 Å². The third-order valence-electron chi connectivity index (χ3n) is 2.83. The van der Waals surface area contributed by atoms with Crippen LogP contribution in [-0.2, 0) is 4.79 Å². The van der Waals surface area contributed by atoms with Crippen molar-refractivity contribution in [1.29, 1.82) is 0 Å². The maximum Gasteiger partial charge on any atom is 0.261 e. The van der Waals surface area contributed by atoms with Gasteiger partial charge in [-0.3, -0.25) is 9.59 Å². The summed E-state index contributed by atoms with van der Waals surface area (Å²) >= 11 is 8.11. The largest absolute Gasteiger partial charge is 0.347 e. The highest BCUT2D eigenvalue weighted by Gasteiger charge is 2.25. The molecule has 2 amide bonds. The molecule has 1 saturated heterocycles. The number of hydrogen-bond donors (Lipinski definition) is 1. The Balaban J connectivity index is 1.97. The third kappa shape index (κ3) is 3.13. The average Bonchev–Trinajstić information content (AvgIpc) is 2.65. The molecule has 0 radical (unpaired) electrons. The minimum Gasteiger partial charge on any atom is -0.347 e. The topological polar surface area (TPSA) is 49.4 Å². The molecule has 0 spiro atoms. The van der Waals surface area contributed by atoms with Gasteiger partial charge in [0.1, 0.15) is 0 Å². The van der Waals surface area contributed by atoms with Gasteiger partial charge in [0.25, 0.3) is 5.91 Å². The summed E-state index contributed by atoms with van der Waals surface area (Å²) in [5.74, 6) is 0.0567. The van der Waals surface area contributed by atoms with Gasteiger partial charge in [-0.1, -0.05) is 0 Å². The highest BCUT2D eigenvalue weighted by molar-refractivity contribution is 9.13. The second-order valence-corrected chi connectivity index (χ2v) is 7.44. The van der Waals surface area contributed by atoms with Crippen molar-refractivity contribution in [3.05, 3.63) is 19.2 Å². The lowest BCUT2D eigenvalue weighted by Crippen LogP contribution is -2.48. The summed E-state index contributed by atoms with van der Waals surface area (Å²) in [6.07, 6.45) is 1.21. The van der Waals surface area contributed by atoms with E-state index in [2.05, 4.69) is 37.2 Å². The smallest absolute Gasteiger partial charge is 0.261 e. The van der Waals surface area contributed by atoms with E-state index in [1.807, 2.05) is 0 Å². The summed E-state index contributed by atoms with van der Waals surface area (Å²) in [6.45, 7) is 0.582. The van der Waals surface area contributed by atoms with Crippen LogP contribution in [0.2, 0.25) is 0 Å². The first-order valence-corrected chi connectivity index (χ1v) is 7.87. The lowest BCUT2D eigenvalue weighted by molar-refractivity contribution is -0.132. The molecular weight excluding hydrogens is 384 g/mol. The van der Waals surface area contributed by atoms with Gasteiger partial charge in [-0.25, -0.2) is 0 Å². The van der Waals surface area contributed by atoms with Crippen LogP contribution in [0.25, 0.3) is 0 Å². The van der Waals surface area contributed by atoms with Gasteiger partial charge in [-0.15, -0.1) is 11.3 Å². The molecule has 0 aliphatic carbocycles. The molecule has 1 aromatic rings. The zero-order valence-corrected chi connectivity index (χ0v) is 13.7. The van der Waals surface area contributed by atoms with E-state index in [1.165, 1.54) is 11.3 Å². The maximum atomic E-state index is 12.0. The predicted molar refractivity (Wildman–Crippen MR) is 77.8 cm³/mol. The van der Waals surface area contributed by atoms with Crippen LogP contribution in [0, 0.1) is 0 Å². The van der Waals surface area contributed by atoms with Crippen LogP contribution < -0.4 is 5.32 Å². The van der Waals surface area contributed by atoms with Gasteiger partial charge in [0.05, 0.1) is 8.66 Å². The molecule has 1 aliphatic heterocycles. The molecule has 2 heterocycles. The average molecular weight is 396 g/mol. The molecule has 1 N–H and O–H groups in total. The first-order chi connectivity index (χ1) is 8.47. The summed E-state index contributed by atoms with van der Waals surface area (Å²) in [6, 6.07) is 1.83. The van der Waals surface area contributed by atoms with E-state index < -0.39 is 0 Å². The fourth-order valence-electron chi connectivity index (χ4n) is 1.85. The van der Waals surface area contributed by atoms with Crippen LogP contribution in [0.3, 0.4) is 0 Å². The Morgan fingerprint density at radius 2 is 2.28 bits per heavy atom. The number of piperidine rings is 1. The number of halogens is 2. The first kappa shape index (κ1) is 14.0. The molecule has 7 heteroatoms. The Kier molecular flexibility index (Phi) is 4.45. The minimum atomic E-state index is -0.0841. The Morgan fingerprint density at radius 3 is 2.83 bits per heavy atom. The van der Waals surface area contributed by atoms with Crippen LogP contribution in [0.1, 0.15) is 22.5 Å². The third-order valence-corrected chi connectivity index (χ3v) is 6.09. The van der Waals surface area contributed by atoms with Gasteiger partial charge in [0, 0.05) is 30.5 Å². The van der Waals surface area contributed by atoms with Crippen molar-refractivity contribution in [3.8, 4) is 0 Å². The maximum absolute atomic E-state index is 12.0. The van der Waals surface area contributed by atoms with Crippen molar-refractivity contribution >= 4 is 55.0 Å². The molecule has 0 saturated carbocycles. The summed E-state index contributed by atoms with van der Waals surface area (Å²) in [5, 5.41) is 2.96. The van der Waals surface area contributed by atoms with Crippen molar-refractivity contribution in [1.82, 2.24) is 10.2 Å². The van der Waals surface area contributed by atoms with Crippen LogP contribution in [-0.4, -0.2) is 36.3 Å². The fraction of sp³-hybridized carbons (Fsp3) is 0.455. The van der Waals surface area contributed by atoms with E-state index in [0.717, 1.165) is 8.26 Å². The Bertz CT molecular complexity index is 470. The Hall–Kier alpha value is -0.400. The lowest BCUT2D eigenvalue weighted by Gasteiger charge is -2.29. The van der Waals surface area contributed by atoms with Crippen molar-refractivity contribution in [3.63, 3.8) is 0 Å². The minimum absolute atomic E-state index is 0.0415. The van der Waals surface area contributed by atoms with Gasteiger partial charge in [-0.05, 0) is 44.3 Å². The summed E-state index contributed by atoms with van der Waals surface area (Å²) in [7, 11) is 1.76. The predicted octanol–water partition coefficient (Wildman–Crippen LogP) is 2.62. The highest BCUT2D eigenvalue weighted by Crippen LogP contribution is 2.32. The number of nitrogens with zero attached hydrogens (tertiary/aromatic N) is 1. The van der Waals surface area contributed by atoms with Gasteiger partial charge in [0.2, 0.25) is 5.91 Å². The lowest BCUT2D eigenvalue weighted by atomic mass is 10.1. The molecular formula is C11H12Br2N2O2S. The standard InChI is InChI=1S/C11H12Br2N2O2S/c1-15-5-6(2-3-9(15)16)14-11(17)8-4-7(12)10(13)18-8/h4,6H,2-3,5H2,1H3,(H,14,17). The van der Waals surface area contributed by atoms with Crippen molar-refractivity contribution in [2.75, 3.05) is 13.6 Å². The summed E-state index contributed by atoms with van der Waals surface area (Å²) in [4.78, 5) is 25.7. The zero-order chi connectivity index (χ0) is 13.3. The highest BCUT2D eigenvalue weighted by atomic mass is 79.9. The quantitative estimate of drug-likeness (QED) is 0.836. The van der Waals surface area contributed by atoms with Gasteiger partial charge in [0.15, 0.2) is 0 Å². The normalized spacial score (nSPS) is 20.1. The van der Waals surface area contributed by atoms with Crippen LogP contribution >= 0.6 is 43.2 Å². The number of likely N-dealkylation sites (N-methyl/N-ethyl adjacent to an activating group) is 1. The van der Waals surface area contributed by atoms with Crippen LogP contribution in [0.4, 0.5) is 0 Å². The van der Waals surface area contributed by atoms with E-state index in [9.17, 15) is 9.59 Å². The molecule has 0 bridgehead atoms. The van der Waals surface area contributed by atoms with Crippen molar-refractivity contribution < 1.29 is 9.59 Å². The number of amides is 2. The van der Waals surface area contributed by atoms with Crippen molar-refractivity contribution in [2.45, 2.75) is 18.9 Å². The fourth-order valence-corrected chi connectivity index (χ4v) is 3.78. The number of rotatable bonds is 2. The molecule has 1 aromatic heterocycles. The van der Waals surface area contributed by atoms with E-state index >= 15 is 0 Å². The number of carbonyl (C=O) groups is 2. The molecule has 1 fully saturated rings. The molecule has 2 rings (SSSR count).